The van der Waals surface area contributed by atoms with Crippen molar-refractivity contribution in [2.24, 2.45) is 0 Å². The van der Waals surface area contributed by atoms with Crippen molar-refractivity contribution in [3.8, 4) is 0 Å². The molecule has 4 aromatic rings. The van der Waals surface area contributed by atoms with Gasteiger partial charge in [-0.1, -0.05) is 53.4 Å². The Hall–Kier alpha value is -2.85. The number of fused-ring (bicyclic) bond motifs is 3. The molecule has 0 aliphatic heterocycles. The second-order valence-electron chi connectivity index (χ2n) is 6.36. The van der Waals surface area contributed by atoms with E-state index >= 15 is 0 Å². The van der Waals surface area contributed by atoms with E-state index < -0.39 is 26.6 Å². The molecule has 1 heterocycles. The molecule has 1 aliphatic carbocycles. The molecule has 0 atom stereocenters. The van der Waals surface area contributed by atoms with Gasteiger partial charge in [-0.25, -0.2) is 0 Å². The van der Waals surface area contributed by atoms with Gasteiger partial charge in [-0.3, -0.25) is 13.9 Å². The zero-order chi connectivity index (χ0) is 20.2. The molecule has 0 spiro atoms. The van der Waals surface area contributed by atoms with Crippen LogP contribution in [0.3, 0.4) is 0 Å². The van der Waals surface area contributed by atoms with Crippen LogP contribution in [0.25, 0.3) is 11.0 Å². The minimum atomic E-state index is -4.49. The van der Waals surface area contributed by atoms with Gasteiger partial charge in [0.05, 0.1) is 5.56 Å². The van der Waals surface area contributed by atoms with E-state index in [2.05, 4.69) is 10.3 Å². The van der Waals surface area contributed by atoms with Gasteiger partial charge < -0.3 is 0 Å². The number of aromatic nitrogens is 3. The molecule has 0 fully saturated rings. The fraction of sp³-hybridized carbons (Fsp3) is 0. The third-order valence-electron chi connectivity index (χ3n) is 4.67. The summed E-state index contributed by atoms with van der Waals surface area (Å²) in [6, 6.07) is 17.0. The van der Waals surface area contributed by atoms with Gasteiger partial charge in [0.1, 0.15) is 15.9 Å². The van der Waals surface area contributed by atoms with E-state index in [1.54, 1.807) is 36.4 Å². The topological polar surface area (TPSA) is 108 Å². The van der Waals surface area contributed by atoms with Crippen molar-refractivity contribution in [2.75, 3.05) is 0 Å². The summed E-state index contributed by atoms with van der Waals surface area (Å²) < 4.78 is 31.1. The molecule has 8 nitrogen and oxygen atoms in total. The predicted octanol–water partition coefficient (Wildman–Crippen LogP) is 1.38. The Morgan fingerprint density at radius 3 is 2.17 bits per heavy atom. The summed E-state index contributed by atoms with van der Waals surface area (Å²) >= 11 is 0. The molecule has 1 aliphatic rings. The van der Waals surface area contributed by atoms with Gasteiger partial charge in [0.15, 0.2) is 11.6 Å². The third-order valence-corrected chi connectivity index (χ3v) is 5.89. The van der Waals surface area contributed by atoms with Gasteiger partial charge in [-0.15, -0.1) is 5.10 Å². The Labute approximate surface area is 192 Å². The van der Waals surface area contributed by atoms with Crippen LogP contribution in [0, 0.1) is 0 Å². The normalized spacial score (nSPS) is 12.8. The summed E-state index contributed by atoms with van der Waals surface area (Å²) in [5.41, 5.74) is 0.982. The van der Waals surface area contributed by atoms with Crippen LogP contribution < -0.4 is 4.28 Å². The number of para-hydroxylation sites is 1. The zero-order valence-electron chi connectivity index (χ0n) is 14.6. The molecule has 0 unspecified atom stereocenters. The van der Waals surface area contributed by atoms with Crippen LogP contribution in [0.1, 0.15) is 31.8 Å². The van der Waals surface area contributed by atoms with Gasteiger partial charge in [0.2, 0.25) is 0 Å². The van der Waals surface area contributed by atoms with Gasteiger partial charge in [-0.2, -0.15) is 8.42 Å². The van der Waals surface area contributed by atoms with Crippen LogP contribution in [0.4, 0.5) is 0 Å². The quantitative estimate of drug-likeness (QED) is 0.399. The first-order valence-corrected chi connectivity index (χ1v) is 9.95. The van der Waals surface area contributed by atoms with Crippen molar-refractivity contribution >= 4 is 62.3 Å². The molecular formula is C20H12N3NaO5S. The summed E-state index contributed by atoms with van der Waals surface area (Å²) in [5, 5.41) is 7.54. The van der Waals surface area contributed by atoms with E-state index in [9.17, 15) is 18.0 Å². The summed E-state index contributed by atoms with van der Waals surface area (Å²) in [6.07, 6.45) is 0. The second-order valence-corrected chi connectivity index (χ2v) is 7.86. The molecule has 1 aromatic heterocycles. The second kappa shape index (κ2) is 7.44. The molecule has 30 heavy (non-hydrogen) atoms. The maximum absolute atomic E-state index is 13.0. The molecule has 0 bridgehead atoms. The summed E-state index contributed by atoms with van der Waals surface area (Å²) in [6.45, 7) is 0. The molecule has 0 amide bonds. The van der Waals surface area contributed by atoms with E-state index in [4.69, 9.17) is 4.28 Å². The first kappa shape index (κ1) is 20.4. The van der Waals surface area contributed by atoms with Crippen LogP contribution in [-0.2, 0) is 10.1 Å². The number of benzene rings is 3. The summed E-state index contributed by atoms with van der Waals surface area (Å²) in [4.78, 5) is 26.2. The van der Waals surface area contributed by atoms with Crippen LogP contribution >= 0.6 is 0 Å². The Morgan fingerprint density at radius 2 is 1.40 bits per heavy atom. The number of carbonyl (C=O) groups excluding carboxylic acids is 2. The maximum atomic E-state index is 13.0. The van der Waals surface area contributed by atoms with Crippen LogP contribution in [0.5, 0.6) is 0 Å². The number of hydrogen-bond acceptors (Lipinski definition) is 7. The molecular weight excluding hydrogens is 417 g/mol. The summed E-state index contributed by atoms with van der Waals surface area (Å²) in [5.74, 6) is -0.972. The molecule has 0 saturated carbocycles. The molecule has 10 heteroatoms. The van der Waals surface area contributed by atoms with Crippen molar-refractivity contribution in [1.82, 2.24) is 15.2 Å². The van der Waals surface area contributed by atoms with Crippen molar-refractivity contribution in [3.05, 3.63) is 89.0 Å². The van der Waals surface area contributed by atoms with E-state index in [1.807, 2.05) is 0 Å². The molecule has 3 aromatic carbocycles. The fourth-order valence-electron chi connectivity index (χ4n) is 3.36. The monoisotopic (exact) mass is 429 g/mol. The number of rotatable bonds is 3. The number of hydrogen-bond donors (Lipinski definition) is 0. The van der Waals surface area contributed by atoms with E-state index in [-0.39, 0.29) is 51.8 Å². The summed E-state index contributed by atoms with van der Waals surface area (Å²) in [7, 11) is -4.49. The Bertz CT molecular complexity index is 1450. The first-order chi connectivity index (χ1) is 14.0. The van der Waals surface area contributed by atoms with Gasteiger partial charge in [0, 0.05) is 16.7 Å². The van der Waals surface area contributed by atoms with Gasteiger partial charge in [0.25, 0.3) is 0 Å². The Balaban J connectivity index is 0.00000218. The minimum absolute atomic E-state index is 0. The molecule has 0 radical (unpaired) electrons. The average Bonchev–Trinajstić information content (AvgIpc) is 3.14. The fourth-order valence-corrected chi connectivity index (χ4v) is 4.43. The Morgan fingerprint density at radius 1 is 0.767 bits per heavy atom. The standard InChI is InChI=1S/C20H11N3O5S.Na.H/c24-19-12-6-1-2-7-13(12)20(25)18-14(19)8-5-11-17(18)29(26,27)28-23-16-10-4-3-9-15(16)21-22-23;;/h1-11H;;. The number of carbonyl (C=O) groups is 2. The number of ketones is 2. The average molecular weight is 429 g/mol. The van der Waals surface area contributed by atoms with Crippen LogP contribution in [0.15, 0.2) is 71.6 Å². The van der Waals surface area contributed by atoms with Crippen molar-refractivity contribution in [2.45, 2.75) is 4.90 Å². The van der Waals surface area contributed by atoms with E-state index in [0.717, 1.165) is 4.85 Å². The van der Waals surface area contributed by atoms with Crippen molar-refractivity contribution in [3.63, 3.8) is 0 Å². The molecule has 144 valence electrons. The van der Waals surface area contributed by atoms with Gasteiger partial charge >= 0.3 is 39.7 Å². The third kappa shape index (κ3) is 3.07. The molecule has 5 rings (SSSR count). The van der Waals surface area contributed by atoms with E-state index in [1.165, 1.54) is 30.3 Å². The predicted molar refractivity (Wildman–Crippen MR) is 108 cm³/mol. The van der Waals surface area contributed by atoms with Gasteiger partial charge in [-0.05, 0) is 23.4 Å². The SMILES string of the molecule is O=C1c2ccccc2C(=O)c2c1cccc2S(=O)(=O)On1nnc2ccccc21.[NaH]. The molecule has 0 saturated heterocycles. The zero-order valence-corrected chi connectivity index (χ0v) is 15.5. The molecule has 0 N–H and O–H groups in total. The van der Waals surface area contributed by atoms with Crippen LogP contribution in [0.2, 0.25) is 0 Å². The van der Waals surface area contributed by atoms with Crippen LogP contribution in [-0.4, -0.2) is 64.7 Å². The first-order valence-electron chi connectivity index (χ1n) is 8.54. The Kier molecular flexibility index (Phi) is 5.07. The van der Waals surface area contributed by atoms with E-state index in [0.29, 0.717) is 11.0 Å². The number of nitrogens with zero attached hydrogens (tertiary/aromatic N) is 3. The van der Waals surface area contributed by atoms with Crippen molar-refractivity contribution in [1.29, 1.82) is 0 Å². The van der Waals surface area contributed by atoms with Crippen molar-refractivity contribution < 1.29 is 22.3 Å².